The molecule has 0 radical (unpaired) electrons. The molecule has 0 saturated carbocycles. The minimum atomic E-state index is -0.987. The van der Waals surface area contributed by atoms with Crippen LogP contribution in [0.5, 0.6) is 0 Å². The fourth-order valence-corrected chi connectivity index (χ4v) is 3.88. The summed E-state index contributed by atoms with van der Waals surface area (Å²) in [5.74, 6) is -0.189. The Balaban J connectivity index is 1.82. The van der Waals surface area contributed by atoms with E-state index in [1.807, 2.05) is 66.3 Å². The summed E-state index contributed by atoms with van der Waals surface area (Å²) in [7, 11) is 3.57. The summed E-state index contributed by atoms with van der Waals surface area (Å²) in [6, 6.07) is 15.9. The van der Waals surface area contributed by atoms with Crippen molar-refractivity contribution in [2.45, 2.75) is 12.8 Å². The molecule has 2 N–H and O–H groups in total. The number of nitrogens with zero attached hydrogens (tertiary/aromatic N) is 2. The van der Waals surface area contributed by atoms with Gasteiger partial charge in [-0.2, -0.15) is 0 Å². The fraction of sp³-hybridized carbons (Fsp3) is 0.190. The molecular weight excluding hydrogens is 406 g/mol. The minimum Gasteiger partial charge on any atom is -0.380 e. The molecule has 6 heteroatoms. The molecule has 2 aromatic carbocycles. The van der Waals surface area contributed by atoms with Gasteiger partial charge in [-0.05, 0) is 23.8 Å². The van der Waals surface area contributed by atoms with Gasteiger partial charge < -0.3 is 19.9 Å². The van der Waals surface area contributed by atoms with Crippen molar-refractivity contribution in [2.75, 3.05) is 7.05 Å². The van der Waals surface area contributed by atoms with E-state index in [9.17, 15) is 9.90 Å². The molecule has 0 spiro atoms. The molecule has 138 valence electrons. The number of carbonyl (C=O) groups excluding carboxylic acids is 1. The third-order valence-electron chi connectivity index (χ3n) is 4.98. The first-order valence-electron chi connectivity index (χ1n) is 8.69. The number of amides is 1. The van der Waals surface area contributed by atoms with Crippen molar-refractivity contribution in [2.24, 2.45) is 7.05 Å². The van der Waals surface area contributed by atoms with Crippen LogP contribution in [0, 0.1) is 0 Å². The van der Waals surface area contributed by atoms with Gasteiger partial charge >= 0.3 is 0 Å². The number of rotatable bonds is 4. The predicted octanol–water partition coefficient (Wildman–Crippen LogP) is 3.23. The van der Waals surface area contributed by atoms with Gasteiger partial charge in [-0.25, -0.2) is 0 Å². The Labute approximate surface area is 166 Å². The van der Waals surface area contributed by atoms with Crippen molar-refractivity contribution >= 4 is 38.3 Å². The molecule has 27 heavy (non-hydrogen) atoms. The highest BCUT2D eigenvalue weighted by Crippen LogP contribution is 2.36. The number of aliphatic hydroxyl groups is 1. The highest BCUT2D eigenvalue weighted by atomic mass is 79.9. The predicted molar refractivity (Wildman–Crippen MR) is 110 cm³/mol. The van der Waals surface area contributed by atoms with E-state index in [-0.39, 0.29) is 5.91 Å². The lowest BCUT2D eigenvalue weighted by molar-refractivity contribution is -0.128. The van der Waals surface area contributed by atoms with Crippen molar-refractivity contribution in [3.63, 3.8) is 0 Å². The quantitative estimate of drug-likeness (QED) is 0.674. The average molecular weight is 426 g/mol. The Morgan fingerprint density at radius 3 is 2.63 bits per heavy atom. The van der Waals surface area contributed by atoms with Gasteiger partial charge in [0.1, 0.15) is 0 Å². The molecule has 5 nitrogen and oxygen atoms in total. The molecule has 1 atom stereocenters. The average Bonchev–Trinajstić information content (AvgIpc) is 3.09. The van der Waals surface area contributed by atoms with Crippen molar-refractivity contribution in [1.29, 1.82) is 0 Å². The largest absolute Gasteiger partial charge is 0.380 e. The summed E-state index contributed by atoms with van der Waals surface area (Å²) >= 11 is 3.51. The number of aliphatic hydroxyl groups excluding tert-OH is 1. The monoisotopic (exact) mass is 425 g/mol. The molecule has 1 amide bonds. The highest BCUT2D eigenvalue weighted by Gasteiger charge is 2.37. The van der Waals surface area contributed by atoms with Gasteiger partial charge in [-0.15, -0.1) is 0 Å². The summed E-state index contributed by atoms with van der Waals surface area (Å²) in [6.45, 7) is 0.534. The van der Waals surface area contributed by atoms with Gasteiger partial charge in [-0.1, -0.05) is 46.3 Å². The summed E-state index contributed by atoms with van der Waals surface area (Å²) in [5, 5.41) is 14.9. The van der Waals surface area contributed by atoms with Gasteiger partial charge in [0.25, 0.3) is 5.91 Å². The lowest BCUT2D eigenvalue weighted by Crippen LogP contribution is -2.34. The molecule has 1 unspecified atom stereocenters. The van der Waals surface area contributed by atoms with Crippen molar-refractivity contribution in [3.05, 3.63) is 76.0 Å². The number of likely N-dealkylation sites (N-methyl/N-ethyl adjacent to an activating group) is 1. The second-order valence-electron chi connectivity index (χ2n) is 6.73. The zero-order valence-electron chi connectivity index (χ0n) is 15.1. The van der Waals surface area contributed by atoms with Gasteiger partial charge in [-0.3, -0.25) is 4.79 Å². The normalized spacial score (nSPS) is 17.3. The summed E-state index contributed by atoms with van der Waals surface area (Å²) in [5.41, 5.74) is 3.99. The summed E-state index contributed by atoms with van der Waals surface area (Å²) in [4.78, 5) is 14.3. The number of hydrogen-bond donors (Lipinski definition) is 2. The van der Waals surface area contributed by atoms with Crippen LogP contribution in [-0.4, -0.2) is 33.8 Å². The summed E-state index contributed by atoms with van der Waals surface area (Å²) in [6.07, 6.45) is 0.957. The van der Waals surface area contributed by atoms with E-state index in [1.54, 1.807) is 7.05 Å². The van der Waals surface area contributed by atoms with E-state index < -0.39 is 6.23 Å². The molecule has 0 fully saturated rings. The Morgan fingerprint density at radius 2 is 1.89 bits per heavy atom. The third kappa shape index (κ3) is 3.05. The van der Waals surface area contributed by atoms with Crippen molar-refractivity contribution in [3.8, 4) is 0 Å². The topological polar surface area (TPSA) is 57.5 Å². The Kier molecular flexibility index (Phi) is 4.53. The first kappa shape index (κ1) is 17.8. The zero-order chi connectivity index (χ0) is 19.1. The van der Waals surface area contributed by atoms with Crippen LogP contribution in [0.15, 0.2) is 64.9 Å². The van der Waals surface area contributed by atoms with Crippen molar-refractivity contribution < 1.29 is 9.90 Å². The van der Waals surface area contributed by atoms with E-state index >= 15 is 0 Å². The maximum Gasteiger partial charge on any atom is 0.258 e. The second kappa shape index (κ2) is 6.87. The molecule has 1 aromatic heterocycles. The van der Waals surface area contributed by atoms with Gasteiger partial charge in [0, 0.05) is 47.8 Å². The SMILES string of the molecule is CN1C(=O)C(c2cn(C)c3ccc(Br)cc23)=C(NCc2ccccc2)C1O. The van der Waals surface area contributed by atoms with Gasteiger partial charge in [0.15, 0.2) is 6.23 Å². The number of fused-ring (bicyclic) bond motifs is 1. The van der Waals surface area contributed by atoms with Crippen LogP contribution in [0.1, 0.15) is 11.1 Å². The molecule has 0 bridgehead atoms. The molecule has 1 aliphatic rings. The highest BCUT2D eigenvalue weighted by molar-refractivity contribution is 9.10. The van der Waals surface area contributed by atoms with Gasteiger partial charge in [0.2, 0.25) is 0 Å². The zero-order valence-corrected chi connectivity index (χ0v) is 16.7. The second-order valence-corrected chi connectivity index (χ2v) is 7.65. The lowest BCUT2D eigenvalue weighted by Gasteiger charge is -2.18. The van der Waals surface area contributed by atoms with Crippen LogP contribution in [0.25, 0.3) is 16.5 Å². The fourth-order valence-electron chi connectivity index (χ4n) is 3.52. The number of aromatic nitrogens is 1. The van der Waals surface area contributed by atoms with E-state index in [0.29, 0.717) is 17.8 Å². The van der Waals surface area contributed by atoms with Crippen LogP contribution in [0.2, 0.25) is 0 Å². The smallest absolute Gasteiger partial charge is 0.258 e. The number of nitrogens with one attached hydrogen (secondary N) is 1. The molecule has 0 saturated heterocycles. The standard InChI is InChI=1S/C21H20BrN3O2/c1-24-12-16(15-10-14(22)8-9-17(15)24)18-19(21(27)25(2)20(18)26)23-11-13-6-4-3-5-7-13/h3-10,12,21,23,27H,11H2,1-2H3. The number of carbonyl (C=O) groups is 1. The Bertz CT molecular complexity index is 1060. The number of hydrogen-bond acceptors (Lipinski definition) is 3. The van der Waals surface area contributed by atoms with E-state index in [4.69, 9.17) is 0 Å². The molecule has 4 rings (SSSR count). The van der Waals surface area contributed by atoms with Crippen LogP contribution in [0.4, 0.5) is 0 Å². The molecule has 1 aliphatic heterocycles. The maximum atomic E-state index is 12.9. The van der Waals surface area contributed by atoms with Crippen LogP contribution in [-0.2, 0) is 18.4 Å². The molecule has 3 aromatic rings. The van der Waals surface area contributed by atoms with Crippen LogP contribution >= 0.6 is 15.9 Å². The number of benzene rings is 2. The summed E-state index contributed by atoms with van der Waals surface area (Å²) < 4.78 is 2.94. The third-order valence-corrected chi connectivity index (χ3v) is 5.47. The van der Waals surface area contributed by atoms with Crippen molar-refractivity contribution in [1.82, 2.24) is 14.8 Å². The number of aryl methyl sites for hydroxylation is 1. The molecular formula is C21H20BrN3O2. The number of halogens is 1. The Hall–Kier alpha value is -2.57. The van der Waals surface area contributed by atoms with Gasteiger partial charge in [0.05, 0.1) is 11.3 Å². The lowest BCUT2D eigenvalue weighted by atomic mass is 10.0. The maximum absolute atomic E-state index is 12.9. The van der Waals surface area contributed by atoms with E-state index in [0.717, 1.165) is 26.5 Å². The minimum absolute atomic E-state index is 0.189. The van der Waals surface area contributed by atoms with E-state index in [2.05, 4.69) is 21.2 Å². The molecule has 0 aliphatic carbocycles. The van der Waals surface area contributed by atoms with Crippen LogP contribution < -0.4 is 5.32 Å². The van der Waals surface area contributed by atoms with Crippen LogP contribution in [0.3, 0.4) is 0 Å². The Morgan fingerprint density at radius 1 is 1.15 bits per heavy atom. The van der Waals surface area contributed by atoms with E-state index in [1.165, 1.54) is 4.90 Å². The first-order chi connectivity index (χ1) is 13.0. The first-order valence-corrected chi connectivity index (χ1v) is 9.49. The molecule has 2 heterocycles.